The van der Waals surface area contributed by atoms with Gasteiger partial charge in [0.15, 0.2) is 0 Å². The van der Waals surface area contributed by atoms with Crippen LogP contribution < -0.4 is 5.32 Å². The maximum absolute atomic E-state index is 12.1. The van der Waals surface area contributed by atoms with Gasteiger partial charge in [-0.15, -0.1) is 11.3 Å². The Morgan fingerprint density at radius 3 is 2.82 bits per heavy atom. The molecule has 22 heavy (non-hydrogen) atoms. The lowest BCUT2D eigenvalue weighted by atomic mass is 9.77. The molecule has 0 fully saturated rings. The number of hydrogen-bond acceptors (Lipinski definition) is 3. The molecule has 0 saturated carbocycles. The van der Waals surface area contributed by atoms with Crippen LogP contribution in [0.1, 0.15) is 48.5 Å². The van der Waals surface area contributed by atoms with Gasteiger partial charge in [0.25, 0.3) is 0 Å². The van der Waals surface area contributed by atoms with Crippen molar-refractivity contribution in [1.29, 1.82) is 0 Å². The molecular formula is C18H22N2OS. The van der Waals surface area contributed by atoms with E-state index in [2.05, 4.69) is 55.3 Å². The first-order chi connectivity index (χ1) is 10.4. The van der Waals surface area contributed by atoms with Crippen LogP contribution in [0, 0.1) is 0 Å². The van der Waals surface area contributed by atoms with Crippen LogP contribution in [0.3, 0.4) is 0 Å². The van der Waals surface area contributed by atoms with Crippen molar-refractivity contribution in [2.45, 2.75) is 44.9 Å². The fraction of sp³-hybridized carbons (Fsp3) is 0.444. The number of nitrogens with zero attached hydrogens (tertiary/aromatic N) is 1. The molecule has 2 aromatic rings. The summed E-state index contributed by atoms with van der Waals surface area (Å²) in [6.45, 7) is 7.16. The van der Waals surface area contributed by atoms with E-state index in [0.29, 0.717) is 12.3 Å². The topological polar surface area (TPSA) is 42.0 Å². The molecule has 1 heterocycles. The lowest BCUT2D eigenvalue weighted by Gasteiger charge is -2.30. The summed E-state index contributed by atoms with van der Waals surface area (Å²) in [5.41, 5.74) is 3.72. The Balaban J connectivity index is 1.51. The summed E-state index contributed by atoms with van der Waals surface area (Å²) >= 11 is 1.64. The molecule has 1 aromatic carbocycles. The largest absolute Gasteiger partial charge is 0.355 e. The number of thiazole rings is 1. The summed E-state index contributed by atoms with van der Waals surface area (Å²) in [5.74, 6) is 0.538. The van der Waals surface area contributed by atoms with Crippen LogP contribution in [-0.2, 0) is 23.1 Å². The fourth-order valence-corrected chi connectivity index (χ4v) is 3.65. The zero-order valence-corrected chi connectivity index (χ0v) is 14.2. The van der Waals surface area contributed by atoms with E-state index in [4.69, 9.17) is 0 Å². The monoisotopic (exact) mass is 314 g/mol. The highest BCUT2D eigenvalue weighted by Crippen LogP contribution is 2.34. The smallest absolute Gasteiger partial charge is 0.226 e. The molecule has 0 spiro atoms. The van der Waals surface area contributed by atoms with Gasteiger partial charge >= 0.3 is 0 Å². The number of rotatable bonds is 4. The summed E-state index contributed by atoms with van der Waals surface area (Å²) in [6, 6.07) is 8.46. The first kappa shape index (κ1) is 15.2. The van der Waals surface area contributed by atoms with Gasteiger partial charge in [0, 0.05) is 23.3 Å². The first-order valence-corrected chi connectivity index (χ1v) is 8.61. The first-order valence-electron chi connectivity index (χ1n) is 7.73. The van der Waals surface area contributed by atoms with Gasteiger partial charge in [-0.2, -0.15) is 0 Å². The number of carbonyl (C=O) groups excluding carboxylic acids is 1. The summed E-state index contributed by atoms with van der Waals surface area (Å²) in [4.78, 5) is 16.7. The average molecular weight is 314 g/mol. The molecule has 0 radical (unpaired) electrons. The maximum Gasteiger partial charge on any atom is 0.226 e. The Morgan fingerprint density at radius 1 is 1.36 bits per heavy atom. The Bertz CT molecular complexity index is 684. The third kappa shape index (κ3) is 3.22. The van der Waals surface area contributed by atoms with Crippen LogP contribution in [-0.4, -0.2) is 17.4 Å². The number of fused-ring (bicyclic) bond motifs is 1. The fourth-order valence-electron chi connectivity index (χ4n) is 2.74. The van der Waals surface area contributed by atoms with Crippen LogP contribution in [0.5, 0.6) is 0 Å². The van der Waals surface area contributed by atoms with E-state index in [9.17, 15) is 4.79 Å². The second-order valence-corrected chi connectivity index (χ2v) is 7.83. The Labute approximate surface area is 135 Å². The van der Waals surface area contributed by atoms with Gasteiger partial charge in [0.1, 0.15) is 0 Å². The van der Waals surface area contributed by atoms with Crippen molar-refractivity contribution in [3.05, 3.63) is 51.5 Å². The van der Waals surface area contributed by atoms with Gasteiger partial charge < -0.3 is 5.32 Å². The molecule has 1 amide bonds. The van der Waals surface area contributed by atoms with E-state index in [1.807, 2.05) is 5.38 Å². The highest BCUT2D eigenvalue weighted by atomic mass is 32.1. The molecule has 1 atom stereocenters. The summed E-state index contributed by atoms with van der Waals surface area (Å²) in [5, 5.41) is 6.13. The molecule has 0 bridgehead atoms. The number of benzene rings is 1. The molecular weight excluding hydrogens is 292 g/mol. The summed E-state index contributed by atoms with van der Waals surface area (Å²) < 4.78 is 0. The number of nitrogens with one attached hydrogen (secondary N) is 1. The predicted octanol–water partition coefficient (Wildman–Crippen LogP) is 3.44. The van der Waals surface area contributed by atoms with Crippen LogP contribution >= 0.6 is 11.3 Å². The van der Waals surface area contributed by atoms with Gasteiger partial charge in [0.2, 0.25) is 5.91 Å². The van der Waals surface area contributed by atoms with E-state index in [1.165, 1.54) is 11.1 Å². The van der Waals surface area contributed by atoms with Crippen LogP contribution in [0.4, 0.5) is 0 Å². The molecule has 1 aliphatic carbocycles. The van der Waals surface area contributed by atoms with Crippen molar-refractivity contribution >= 4 is 17.2 Å². The second kappa shape index (κ2) is 5.84. The minimum absolute atomic E-state index is 0.0506. The molecule has 0 unspecified atom stereocenters. The molecule has 1 N–H and O–H groups in total. The molecule has 3 rings (SSSR count). The second-order valence-electron chi connectivity index (χ2n) is 6.97. The normalized spacial score (nSPS) is 16.8. The van der Waals surface area contributed by atoms with Crippen LogP contribution in [0.25, 0.3) is 0 Å². The molecule has 3 nitrogen and oxygen atoms in total. The van der Waals surface area contributed by atoms with E-state index in [1.54, 1.807) is 11.3 Å². The van der Waals surface area contributed by atoms with Crippen molar-refractivity contribution in [1.82, 2.24) is 10.3 Å². The van der Waals surface area contributed by atoms with Crippen molar-refractivity contribution in [2.75, 3.05) is 6.54 Å². The van der Waals surface area contributed by atoms with E-state index in [0.717, 1.165) is 23.7 Å². The highest BCUT2D eigenvalue weighted by molar-refractivity contribution is 7.09. The van der Waals surface area contributed by atoms with E-state index >= 15 is 0 Å². The van der Waals surface area contributed by atoms with Gasteiger partial charge in [-0.3, -0.25) is 4.79 Å². The lowest BCUT2D eigenvalue weighted by Crippen LogP contribution is -2.34. The standard InChI is InChI=1S/C18H22N2OS/c1-18(2,3)17-20-14(11-22-17)9-16(21)19-10-13-8-12-6-4-5-7-15(12)13/h4-7,11,13H,8-10H2,1-3H3,(H,19,21)/t13-/m0/s1. The van der Waals surface area contributed by atoms with Gasteiger partial charge in [-0.05, 0) is 17.5 Å². The number of amides is 1. The lowest BCUT2D eigenvalue weighted by molar-refractivity contribution is -0.120. The van der Waals surface area contributed by atoms with Gasteiger partial charge in [-0.1, -0.05) is 45.0 Å². The average Bonchev–Trinajstić information content (AvgIpc) is 2.88. The molecule has 0 saturated heterocycles. The minimum Gasteiger partial charge on any atom is -0.355 e. The van der Waals surface area contributed by atoms with Crippen molar-refractivity contribution in [3.63, 3.8) is 0 Å². The Morgan fingerprint density at radius 2 is 2.14 bits per heavy atom. The zero-order chi connectivity index (χ0) is 15.7. The van der Waals surface area contributed by atoms with Crippen LogP contribution in [0.15, 0.2) is 29.6 Å². The van der Waals surface area contributed by atoms with Gasteiger partial charge in [-0.25, -0.2) is 4.98 Å². The summed E-state index contributed by atoms with van der Waals surface area (Å²) in [6.07, 6.45) is 1.45. The van der Waals surface area contributed by atoms with E-state index in [-0.39, 0.29) is 11.3 Å². The minimum atomic E-state index is 0.0506. The molecule has 1 aromatic heterocycles. The zero-order valence-electron chi connectivity index (χ0n) is 13.3. The quantitative estimate of drug-likeness (QED) is 0.939. The molecule has 1 aliphatic rings. The SMILES string of the molecule is CC(C)(C)c1nc(CC(=O)NC[C@@H]2Cc3ccccc32)cs1. The molecule has 4 heteroatoms. The summed E-state index contributed by atoms with van der Waals surface area (Å²) in [7, 11) is 0. The molecule has 116 valence electrons. The Kier molecular flexibility index (Phi) is 4.04. The number of hydrogen-bond donors (Lipinski definition) is 1. The van der Waals surface area contributed by atoms with Crippen molar-refractivity contribution in [3.8, 4) is 0 Å². The van der Waals surface area contributed by atoms with Crippen molar-refractivity contribution in [2.24, 2.45) is 0 Å². The van der Waals surface area contributed by atoms with Crippen LogP contribution in [0.2, 0.25) is 0 Å². The highest BCUT2D eigenvalue weighted by Gasteiger charge is 2.25. The van der Waals surface area contributed by atoms with Gasteiger partial charge in [0.05, 0.1) is 17.1 Å². The van der Waals surface area contributed by atoms with E-state index < -0.39 is 0 Å². The van der Waals surface area contributed by atoms with Crippen molar-refractivity contribution < 1.29 is 4.79 Å². The maximum atomic E-state index is 12.1. The third-order valence-corrected chi connectivity index (χ3v) is 5.36. The number of aromatic nitrogens is 1. The Hall–Kier alpha value is -1.68. The number of carbonyl (C=O) groups is 1. The predicted molar refractivity (Wildman–Crippen MR) is 90.4 cm³/mol. The molecule has 0 aliphatic heterocycles. The third-order valence-electron chi connectivity index (χ3n) is 4.04.